The van der Waals surface area contributed by atoms with Crippen LogP contribution in [0.1, 0.15) is 17.0 Å². The van der Waals surface area contributed by atoms with E-state index in [9.17, 15) is 8.78 Å². The van der Waals surface area contributed by atoms with Crippen molar-refractivity contribution in [3.63, 3.8) is 0 Å². The van der Waals surface area contributed by atoms with E-state index in [2.05, 4.69) is 30.8 Å². The summed E-state index contributed by atoms with van der Waals surface area (Å²) in [5.41, 5.74) is 3.50. The number of hydrogen-bond acceptors (Lipinski definition) is 2. The van der Waals surface area contributed by atoms with Gasteiger partial charge in [-0.15, -0.1) is 0 Å². The highest BCUT2D eigenvalue weighted by Crippen LogP contribution is 2.31. The molecule has 0 saturated carbocycles. The van der Waals surface area contributed by atoms with Gasteiger partial charge in [0.1, 0.15) is 17.5 Å². The topological polar surface area (TPSA) is 31.9 Å². The highest BCUT2D eigenvalue weighted by Gasteiger charge is 2.22. The van der Waals surface area contributed by atoms with Gasteiger partial charge < -0.3 is 9.88 Å². The van der Waals surface area contributed by atoms with Crippen molar-refractivity contribution in [2.45, 2.75) is 19.9 Å². The van der Waals surface area contributed by atoms with Crippen molar-refractivity contribution in [1.29, 1.82) is 0 Å². The first-order valence-corrected chi connectivity index (χ1v) is 8.85. The number of pyridine rings is 1. The van der Waals surface area contributed by atoms with Crippen LogP contribution in [0.5, 0.6) is 0 Å². The lowest BCUT2D eigenvalue weighted by molar-refractivity contribution is 0.589. The first-order chi connectivity index (χ1) is 12.0. The normalized spacial score (nSPS) is 13.8. The molecule has 25 heavy (non-hydrogen) atoms. The summed E-state index contributed by atoms with van der Waals surface area (Å²) in [6.07, 6.45) is 0.780. The van der Waals surface area contributed by atoms with Gasteiger partial charge in [0.05, 0.1) is 17.0 Å². The monoisotopic (exact) mass is 403 g/mol. The van der Waals surface area contributed by atoms with Crippen LogP contribution >= 0.6 is 15.9 Å². The zero-order chi connectivity index (χ0) is 17.6. The second-order valence-electron chi connectivity index (χ2n) is 6.19. The zero-order valence-corrected chi connectivity index (χ0v) is 15.2. The van der Waals surface area contributed by atoms with Crippen LogP contribution in [0.15, 0.2) is 40.9 Å². The van der Waals surface area contributed by atoms with Crippen molar-refractivity contribution in [1.82, 2.24) is 9.97 Å². The van der Waals surface area contributed by atoms with E-state index in [1.807, 2.05) is 25.1 Å². The predicted octanol–water partition coefficient (Wildman–Crippen LogP) is 4.99. The Hall–Kier alpha value is -2.21. The minimum atomic E-state index is -0.555. The Labute approximate surface area is 152 Å². The summed E-state index contributed by atoms with van der Waals surface area (Å²) in [5.74, 6) is -0.201. The Morgan fingerprint density at radius 3 is 2.64 bits per heavy atom. The summed E-state index contributed by atoms with van der Waals surface area (Å²) in [6, 6.07) is 9.74. The van der Waals surface area contributed by atoms with Gasteiger partial charge in [-0.05, 0) is 58.7 Å². The second kappa shape index (κ2) is 6.26. The first-order valence-electron chi connectivity index (χ1n) is 8.06. The smallest absolute Gasteiger partial charge is 0.135 e. The summed E-state index contributed by atoms with van der Waals surface area (Å²) in [7, 11) is 0. The molecule has 0 unspecified atom stereocenters. The Morgan fingerprint density at radius 1 is 1.16 bits per heavy atom. The van der Waals surface area contributed by atoms with Crippen molar-refractivity contribution in [2.24, 2.45) is 0 Å². The average Bonchev–Trinajstić information content (AvgIpc) is 2.99. The molecule has 128 valence electrons. The van der Waals surface area contributed by atoms with E-state index in [0.29, 0.717) is 12.2 Å². The molecule has 0 atom stereocenters. The Kier molecular flexibility index (Phi) is 4.07. The summed E-state index contributed by atoms with van der Waals surface area (Å²) in [6.45, 7) is 3.43. The molecule has 0 radical (unpaired) electrons. The molecule has 1 aromatic carbocycles. The molecule has 3 heterocycles. The Morgan fingerprint density at radius 2 is 1.92 bits per heavy atom. The maximum atomic E-state index is 14.0. The van der Waals surface area contributed by atoms with Crippen molar-refractivity contribution < 1.29 is 8.78 Å². The standard InChI is InChI=1S/C19H16BrF2N3/c1-11-13(20)5-6-18(23-11)25-8-7-16-12(10-25)9-17(24-16)19-14(21)3-2-4-15(19)22/h2-6,9,24H,7-8,10H2,1H3. The summed E-state index contributed by atoms with van der Waals surface area (Å²) >= 11 is 3.46. The molecule has 0 spiro atoms. The zero-order valence-electron chi connectivity index (χ0n) is 13.6. The third-order valence-corrected chi connectivity index (χ3v) is 5.39. The van der Waals surface area contributed by atoms with E-state index in [-0.39, 0.29) is 5.56 Å². The SMILES string of the molecule is Cc1nc(N2CCc3[nH]c(-c4c(F)cccc4F)cc3C2)ccc1Br. The number of hydrogen-bond donors (Lipinski definition) is 1. The van der Waals surface area contributed by atoms with E-state index >= 15 is 0 Å². The number of halogens is 3. The lowest BCUT2D eigenvalue weighted by Crippen LogP contribution is -2.30. The number of aromatic amines is 1. The quantitative estimate of drug-likeness (QED) is 0.653. The molecule has 0 amide bonds. The minimum absolute atomic E-state index is 0.000983. The number of nitrogens with zero attached hydrogens (tertiary/aromatic N) is 2. The minimum Gasteiger partial charge on any atom is -0.358 e. The molecule has 0 saturated heterocycles. The van der Waals surface area contributed by atoms with E-state index in [4.69, 9.17) is 0 Å². The second-order valence-corrected chi connectivity index (χ2v) is 7.05. The maximum absolute atomic E-state index is 14.0. The van der Waals surface area contributed by atoms with E-state index < -0.39 is 11.6 Å². The van der Waals surface area contributed by atoms with Gasteiger partial charge in [-0.3, -0.25) is 0 Å². The molecule has 1 N–H and O–H groups in total. The maximum Gasteiger partial charge on any atom is 0.135 e. The van der Waals surface area contributed by atoms with Gasteiger partial charge in [-0.2, -0.15) is 0 Å². The molecule has 2 aromatic heterocycles. The fourth-order valence-electron chi connectivity index (χ4n) is 3.23. The van der Waals surface area contributed by atoms with Gasteiger partial charge in [0, 0.05) is 29.7 Å². The van der Waals surface area contributed by atoms with Crippen molar-refractivity contribution in [3.8, 4) is 11.3 Å². The summed E-state index contributed by atoms with van der Waals surface area (Å²) < 4.78 is 29.1. The van der Waals surface area contributed by atoms with Gasteiger partial charge in [0.25, 0.3) is 0 Å². The molecule has 1 aliphatic heterocycles. The molecule has 0 aliphatic carbocycles. The number of fused-ring (bicyclic) bond motifs is 1. The van der Waals surface area contributed by atoms with E-state index in [1.54, 1.807) is 0 Å². The number of H-pyrrole nitrogens is 1. The Balaban J connectivity index is 1.66. The molecule has 3 aromatic rings. The van der Waals surface area contributed by atoms with E-state index in [1.165, 1.54) is 18.2 Å². The van der Waals surface area contributed by atoms with Gasteiger partial charge in [-0.25, -0.2) is 13.8 Å². The number of aromatic nitrogens is 2. The largest absolute Gasteiger partial charge is 0.358 e. The third kappa shape index (κ3) is 2.95. The molecule has 6 heteroatoms. The number of rotatable bonds is 2. The number of aryl methyl sites for hydroxylation is 1. The average molecular weight is 404 g/mol. The molecular formula is C19H16BrF2N3. The number of benzene rings is 1. The molecule has 3 nitrogen and oxygen atoms in total. The van der Waals surface area contributed by atoms with Gasteiger partial charge in [0.2, 0.25) is 0 Å². The summed E-state index contributed by atoms with van der Waals surface area (Å²) in [5, 5.41) is 0. The van der Waals surface area contributed by atoms with Crippen LogP contribution in [0.2, 0.25) is 0 Å². The molecule has 0 bridgehead atoms. The van der Waals surface area contributed by atoms with Crippen LogP contribution < -0.4 is 4.90 Å². The lowest BCUT2D eigenvalue weighted by Gasteiger charge is -2.28. The van der Waals surface area contributed by atoms with Crippen molar-refractivity contribution >= 4 is 21.7 Å². The van der Waals surface area contributed by atoms with Crippen LogP contribution in [0.3, 0.4) is 0 Å². The number of nitrogens with one attached hydrogen (secondary N) is 1. The predicted molar refractivity (Wildman–Crippen MR) is 97.6 cm³/mol. The Bertz CT molecular complexity index is 932. The van der Waals surface area contributed by atoms with E-state index in [0.717, 1.165) is 40.2 Å². The van der Waals surface area contributed by atoms with Crippen LogP contribution in [0.4, 0.5) is 14.6 Å². The molecule has 4 rings (SSSR count). The van der Waals surface area contributed by atoms with Crippen LogP contribution in [-0.4, -0.2) is 16.5 Å². The lowest BCUT2D eigenvalue weighted by atomic mass is 10.1. The molecular weight excluding hydrogens is 388 g/mol. The van der Waals surface area contributed by atoms with Gasteiger partial charge in [-0.1, -0.05) is 6.07 Å². The number of anilines is 1. The molecule has 0 fully saturated rings. The summed E-state index contributed by atoms with van der Waals surface area (Å²) in [4.78, 5) is 9.98. The third-order valence-electron chi connectivity index (χ3n) is 4.55. The first kappa shape index (κ1) is 16.3. The van der Waals surface area contributed by atoms with Gasteiger partial charge in [0.15, 0.2) is 0 Å². The van der Waals surface area contributed by atoms with Crippen LogP contribution in [0.25, 0.3) is 11.3 Å². The van der Waals surface area contributed by atoms with Crippen LogP contribution in [-0.2, 0) is 13.0 Å². The molecule has 1 aliphatic rings. The van der Waals surface area contributed by atoms with Crippen molar-refractivity contribution in [2.75, 3.05) is 11.4 Å². The highest BCUT2D eigenvalue weighted by atomic mass is 79.9. The fraction of sp³-hybridized carbons (Fsp3) is 0.211. The van der Waals surface area contributed by atoms with Crippen LogP contribution in [0, 0.1) is 18.6 Å². The van der Waals surface area contributed by atoms with Gasteiger partial charge >= 0.3 is 0 Å². The van der Waals surface area contributed by atoms with Crippen molar-refractivity contribution in [3.05, 3.63) is 69.5 Å². The fourth-order valence-corrected chi connectivity index (χ4v) is 3.45. The highest BCUT2D eigenvalue weighted by molar-refractivity contribution is 9.10.